The third kappa shape index (κ3) is 4.56. The first kappa shape index (κ1) is 17.5. The van der Waals surface area contributed by atoms with Crippen molar-refractivity contribution in [3.05, 3.63) is 59.2 Å². The Hall–Kier alpha value is -3.86. The number of phenols is 1. The lowest BCUT2D eigenvalue weighted by Gasteiger charge is -2.08. The van der Waals surface area contributed by atoms with Crippen LogP contribution in [0.5, 0.6) is 5.75 Å². The van der Waals surface area contributed by atoms with Crippen molar-refractivity contribution in [3.63, 3.8) is 0 Å². The quantitative estimate of drug-likeness (QED) is 0.606. The maximum Gasteiger partial charge on any atom is 0.339 e. The number of carboxylic acid groups (broad SMARTS) is 1. The topological polar surface area (TPSA) is 140 Å². The van der Waals surface area contributed by atoms with Crippen LogP contribution in [0.15, 0.2) is 42.5 Å². The molecule has 4 N–H and O–H groups in total. The van der Waals surface area contributed by atoms with Crippen molar-refractivity contribution in [1.29, 1.82) is 5.26 Å². The van der Waals surface area contributed by atoms with Crippen LogP contribution in [0.4, 0.5) is 5.69 Å². The van der Waals surface area contributed by atoms with Crippen LogP contribution >= 0.6 is 0 Å². The van der Waals surface area contributed by atoms with Gasteiger partial charge in [-0.05, 0) is 42.5 Å². The second kappa shape index (κ2) is 7.61. The zero-order valence-corrected chi connectivity index (χ0v) is 12.8. The Labute approximate surface area is 142 Å². The number of hydrogen-bond donors (Lipinski definition) is 4. The number of carbonyl (C=O) groups is 3. The largest absolute Gasteiger partial charge is 0.507 e. The Morgan fingerprint density at radius 3 is 2.36 bits per heavy atom. The molecule has 2 aromatic carbocycles. The van der Waals surface area contributed by atoms with Crippen molar-refractivity contribution in [2.45, 2.75) is 0 Å². The van der Waals surface area contributed by atoms with Gasteiger partial charge in [-0.3, -0.25) is 9.59 Å². The van der Waals surface area contributed by atoms with E-state index in [1.54, 1.807) is 0 Å². The van der Waals surface area contributed by atoms with Gasteiger partial charge in [0.15, 0.2) is 0 Å². The van der Waals surface area contributed by atoms with Crippen molar-refractivity contribution in [2.24, 2.45) is 0 Å². The normalized spacial score (nSPS) is 9.72. The molecule has 0 unspecified atom stereocenters. The van der Waals surface area contributed by atoms with E-state index >= 15 is 0 Å². The van der Waals surface area contributed by atoms with E-state index in [4.69, 9.17) is 10.4 Å². The first-order valence-corrected chi connectivity index (χ1v) is 7.05. The van der Waals surface area contributed by atoms with E-state index < -0.39 is 23.5 Å². The average Bonchev–Trinajstić information content (AvgIpc) is 2.61. The van der Waals surface area contributed by atoms with Crippen LogP contribution in [0.2, 0.25) is 0 Å². The lowest BCUT2D eigenvalue weighted by Crippen LogP contribution is -2.32. The fraction of sp³-hybridized carbons (Fsp3) is 0.0588. The molecule has 2 aromatic rings. The maximum absolute atomic E-state index is 11.9. The van der Waals surface area contributed by atoms with Gasteiger partial charge in [-0.25, -0.2) is 4.79 Å². The fourth-order valence-corrected chi connectivity index (χ4v) is 1.95. The van der Waals surface area contributed by atoms with E-state index in [1.807, 2.05) is 6.07 Å². The molecule has 2 rings (SSSR count). The molecule has 0 spiro atoms. The Balaban J connectivity index is 1.94. The average molecular weight is 339 g/mol. The van der Waals surface area contributed by atoms with E-state index in [0.717, 1.165) is 12.1 Å². The smallest absolute Gasteiger partial charge is 0.339 e. The summed E-state index contributed by atoms with van der Waals surface area (Å²) >= 11 is 0. The van der Waals surface area contributed by atoms with Gasteiger partial charge >= 0.3 is 5.97 Å². The van der Waals surface area contributed by atoms with Gasteiger partial charge in [-0.15, -0.1) is 0 Å². The summed E-state index contributed by atoms with van der Waals surface area (Å²) in [6.07, 6.45) is 0. The highest BCUT2D eigenvalue weighted by Gasteiger charge is 2.12. The molecule has 0 aliphatic carbocycles. The molecule has 0 heterocycles. The zero-order valence-electron chi connectivity index (χ0n) is 12.8. The molecule has 0 aliphatic rings. The monoisotopic (exact) mass is 339 g/mol. The number of nitrogens with zero attached hydrogens (tertiary/aromatic N) is 1. The molecule has 126 valence electrons. The van der Waals surface area contributed by atoms with Crippen LogP contribution in [-0.2, 0) is 4.79 Å². The Morgan fingerprint density at radius 1 is 1.08 bits per heavy atom. The minimum Gasteiger partial charge on any atom is -0.507 e. The number of benzene rings is 2. The van der Waals surface area contributed by atoms with E-state index in [0.29, 0.717) is 11.1 Å². The summed E-state index contributed by atoms with van der Waals surface area (Å²) < 4.78 is 0. The number of nitriles is 1. The highest BCUT2D eigenvalue weighted by Crippen LogP contribution is 2.21. The standard InChI is InChI=1S/C17H13N3O5/c18-8-10-1-3-11(4-2-10)16(23)19-9-15(22)20-12-5-6-14(21)13(7-12)17(24)25/h1-7,21H,9H2,(H,19,23)(H,20,22)(H,24,25). The lowest BCUT2D eigenvalue weighted by molar-refractivity contribution is -0.115. The number of carboxylic acids is 1. The molecule has 0 radical (unpaired) electrons. The van der Waals surface area contributed by atoms with Crippen molar-refractivity contribution in [1.82, 2.24) is 5.32 Å². The molecular formula is C17H13N3O5. The van der Waals surface area contributed by atoms with Crippen molar-refractivity contribution in [3.8, 4) is 11.8 Å². The Bertz CT molecular complexity index is 869. The number of carbonyl (C=O) groups excluding carboxylic acids is 2. The third-order valence-corrected chi connectivity index (χ3v) is 3.20. The number of anilines is 1. The summed E-state index contributed by atoms with van der Waals surface area (Å²) in [5, 5.41) is 31.8. The van der Waals surface area contributed by atoms with E-state index in [9.17, 15) is 19.5 Å². The van der Waals surface area contributed by atoms with Gasteiger partial charge in [0.1, 0.15) is 11.3 Å². The van der Waals surface area contributed by atoms with Gasteiger partial charge in [-0.2, -0.15) is 5.26 Å². The van der Waals surface area contributed by atoms with Crippen LogP contribution in [-0.4, -0.2) is 34.5 Å². The molecule has 2 amide bonds. The van der Waals surface area contributed by atoms with Gasteiger partial charge in [-0.1, -0.05) is 0 Å². The molecule has 0 saturated heterocycles. The molecule has 0 atom stereocenters. The number of amides is 2. The number of hydrogen-bond acceptors (Lipinski definition) is 5. The Kier molecular flexibility index (Phi) is 5.32. The number of nitrogens with one attached hydrogen (secondary N) is 2. The maximum atomic E-state index is 11.9. The molecule has 0 fully saturated rings. The fourth-order valence-electron chi connectivity index (χ4n) is 1.95. The van der Waals surface area contributed by atoms with Gasteiger partial charge in [0.05, 0.1) is 18.2 Å². The van der Waals surface area contributed by atoms with Gasteiger partial charge in [0.25, 0.3) is 5.91 Å². The van der Waals surface area contributed by atoms with Gasteiger partial charge in [0, 0.05) is 11.3 Å². The highest BCUT2D eigenvalue weighted by atomic mass is 16.4. The van der Waals surface area contributed by atoms with Gasteiger partial charge in [0.2, 0.25) is 5.91 Å². The first-order valence-electron chi connectivity index (χ1n) is 7.05. The minimum atomic E-state index is -1.33. The second-order valence-corrected chi connectivity index (χ2v) is 4.96. The van der Waals surface area contributed by atoms with Crippen LogP contribution in [0.3, 0.4) is 0 Å². The summed E-state index contributed by atoms with van der Waals surface area (Å²) in [4.78, 5) is 34.7. The molecule has 0 aliphatic heterocycles. The summed E-state index contributed by atoms with van der Waals surface area (Å²) in [5.74, 6) is -2.80. The highest BCUT2D eigenvalue weighted by molar-refractivity contribution is 6.00. The van der Waals surface area contributed by atoms with Crippen LogP contribution in [0.25, 0.3) is 0 Å². The lowest BCUT2D eigenvalue weighted by atomic mass is 10.1. The molecule has 0 aromatic heterocycles. The molecule has 25 heavy (non-hydrogen) atoms. The van der Waals surface area contributed by atoms with Crippen LogP contribution in [0, 0.1) is 11.3 Å². The van der Waals surface area contributed by atoms with E-state index in [1.165, 1.54) is 30.3 Å². The Morgan fingerprint density at radius 2 is 1.76 bits per heavy atom. The predicted molar refractivity (Wildman–Crippen MR) is 87.2 cm³/mol. The summed E-state index contributed by atoms with van der Waals surface area (Å²) in [5.41, 5.74) is 0.535. The molecule has 0 bridgehead atoms. The van der Waals surface area contributed by atoms with Crippen molar-refractivity contribution >= 4 is 23.5 Å². The third-order valence-electron chi connectivity index (χ3n) is 3.20. The van der Waals surface area contributed by atoms with Crippen LogP contribution < -0.4 is 10.6 Å². The summed E-state index contributed by atoms with van der Waals surface area (Å²) in [6.45, 7) is -0.331. The minimum absolute atomic E-state index is 0.174. The predicted octanol–water partition coefficient (Wildman–Crippen LogP) is 1.33. The van der Waals surface area contributed by atoms with Crippen molar-refractivity contribution < 1.29 is 24.6 Å². The summed E-state index contributed by atoms with van der Waals surface area (Å²) in [7, 11) is 0. The van der Waals surface area contributed by atoms with Crippen LogP contribution in [0.1, 0.15) is 26.3 Å². The molecule has 8 nitrogen and oxygen atoms in total. The number of rotatable bonds is 5. The van der Waals surface area contributed by atoms with E-state index in [-0.39, 0.29) is 17.8 Å². The summed E-state index contributed by atoms with van der Waals surface area (Å²) in [6, 6.07) is 11.4. The SMILES string of the molecule is N#Cc1ccc(C(=O)NCC(=O)Nc2ccc(O)c(C(=O)O)c2)cc1. The second-order valence-electron chi connectivity index (χ2n) is 4.96. The zero-order chi connectivity index (χ0) is 18.4. The molecule has 0 saturated carbocycles. The van der Waals surface area contributed by atoms with Crippen molar-refractivity contribution in [2.75, 3.05) is 11.9 Å². The first-order chi connectivity index (χ1) is 11.9. The van der Waals surface area contributed by atoms with E-state index in [2.05, 4.69) is 10.6 Å². The molecule has 8 heteroatoms. The molecular weight excluding hydrogens is 326 g/mol. The number of aromatic carboxylic acids is 1. The van der Waals surface area contributed by atoms with Gasteiger partial charge < -0.3 is 20.8 Å². The number of aromatic hydroxyl groups is 1.